The highest BCUT2D eigenvalue weighted by Gasteiger charge is 2.20. The van der Waals surface area contributed by atoms with E-state index in [-0.39, 0.29) is 18.2 Å². The summed E-state index contributed by atoms with van der Waals surface area (Å²) in [5.74, 6) is 0.535. The summed E-state index contributed by atoms with van der Waals surface area (Å²) in [7, 11) is -1.25. The van der Waals surface area contributed by atoms with E-state index in [1.54, 1.807) is 27.3 Å². The number of phenolic OH excluding ortho intramolecular Hbond substituents is 1. The third kappa shape index (κ3) is 4.84. The Kier molecular flexibility index (Phi) is 6.36. The normalized spacial score (nSPS) is 12.2. The average molecular weight is 470 g/mol. The molecule has 2 aromatic heterocycles. The minimum Gasteiger partial charge on any atom is -0.508 e. The van der Waals surface area contributed by atoms with E-state index in [0.717, 1.165) is 23.5 Å². The lowest BCUT2D eigenvalue weighted by molar-refractivity contribution is 0.0875. The van der Waals surface area contributed by atoms with Crippen molar-refractivity contribution in [3.63, 3.8) is 0 Å². The largest absolute Gasteiger partial charge is 0.508 e. The second-order valence-electron chi connectivity index (χ2n) is 9.53. The van der Waals surface area contributed by atoms with Gasteiger partial charge in [0.2, 0.25) is 0 Å². The number of aromatic hydroxyl groups is 1. The van der Waals surface area contributed by atoms with Crippen molar-refractivity contribution in [3.8, 4) is 17.2 Å². The van der Waals surface area contributed by atoms with Crippen LogP contribution in [0.2, 0.25) is 25.7 Å². The van der Waals surface area contributed by atoms with Crippen LogP contribution >= 0.6 is 0 Å². The summed E-state index contributed by atoms with van der Waals surface area (Å²) in [5.41, 5.74) is 2.97. The zero-order valence-corrected chi connectivity index (χ0v) is 20.8. The Morgan fingerprint density at radius 2 is 1.88 bits per heavy atom. The van der Waals surface area contributed by atoms with Crippen LogP contribution in [0.5, 0.6) is 11.5 Å². The van der Waals surface area contributed by atoms with Gasteiger partial charge in [-0.1, -0.05) is 31.7 Å². The quantitative estimate of drug-likeness (QED) is 0.272. The van der Waals surface area contributed by atoms with Crippen LogP contribution in [0.3, 0.4) is 0 Å². The van der Waals surface area contributed by atoms with Crippen LogP contribution in [-0.2, 0) is 11.5 Å². The van der Waals surface area contributed by atoms with Crippen LogP contribution < -0.4 is 10.4 Å². The topological polar surface area (TPSA) is 91.7 Å². The monoisotopic (exact) mass is 469 g/mol. The Labute approximate surface area is 193 Å². The number of imidazole rings is 1. The number of hydrogen-bond donors (Lipinski definition) is 1. The van der Waals surface area contributed by atoms with E-state index in [4.69, 9.17) is 14.0 Å². The van der Waals surface area contributed by atoms with Gasteiger partial charge in [0.1, 0.15) is 18.2 Å². The Balaban J connectivity index is 1.84. The van der Waals surface area contributed by atoms with E-state index in [2.05, 4.69) is 24.8 Å². The van der Waals surface area contributed by atoms with Gasteiger partial charge in [-0.25, -0.2) is 4.79 Å². The standard InChI is InChI=1S/C24H31N3O5Si/c1-6-7-31-19-11-17(10-18(28)12-19)27-22-13-20-16(2)25-32-23(20)14-21(22)26(24(27)29)15-30-8-9-33(3,4)5/h10-14,28H,6-9,15H2,1-5H3. The van der Waals surface area contributed by atoms with E-state index in [9.17, 15) is 9.90 Å². The molecule has 9 heteroatoms. The molecule has 2 aromatic carbocycles. The summed E-state index contributed by atoms with van der Waals surface area (Å²) in [5, 5.41) is 15.2. The molecule has 176 valence electrons. The lowest BCUT2D eigenvalue weighted by atomic mass is 10.2. The second-order valence-corrected chi connectivity index (χ2v) is 15.2. The van der Waals surface area contributed by atoms with E-state index < -0.39 is 8.07 Å². The van der Waals surface area contributed by atoms with Gasteiger partial charge in [0, 0.05) is 44.3 Å². The van der Waals surface area contributed by atoms with Gasteiger partial charge < -0.3 is 19.1 Å². The number of ether oxygens (including phenoxy) is 2. The van der Waals surface area contributed by atoms with Gasteiger partial charge in [-0.3, -0.25) is 9.13 Å². The summed E-state index contributed by atoms with van der Waals surface area (Å²) in [6.45, 7) is 12.0. The number of aryl methyl sites for hydroxylation is 1. The number of fused-ring (bicyclic) bond motifs is 2. The molecule has 0 unspecified atom stereocenters. The van der Waals surface area contributed by atoms with Crippen molar-refractivity contribution in [3.05, 3.63) is 46.5 Å². The molecule has 1 N–H and O–H groups in total. The number of aromatic nitrogens is 3. The summed E-state index contributed by atoms with van der Waals surface area (Å²) in [6.07, 6.45) is 0.837. The first kappa shape index (κ1) is 23.1. The fourth-order valence-electron chi connectivity index (χ4n) is 3.71. The van der Waals surface area contributed by atoms with Crippen molar-refractivity contribution in [2.45, 2.75) is 52.7 Å². The molecule has 0 saturated carbocycles. The SMILES string of the molecule is CCCOc1cc(O)cc(-n2c(=O)n(COCC[Si](C)(C)C)c3cc4onc(C)c4cc32)c1. The maximum absolute atomic E-state index is 13.6. The van der Waals surface area contributed by atoms with Crippen LogP contribution in [0.4, 0.5) is 0 Å². The van der Waals surface area contributed by atoms with Crippen molar-refractivity contribution in [1.29, 1.82) is 0 Å². The number of nitrogens with zero attached hydrogens (tertiary/aromatic N) is 3. The number of phenols is 1. The first-order valence-corrected chi connectivity index (χ1v) is 14.9. The van der Waals surface area contributed by atoms with Crippen molar-refractivity contribution < 1.29 is 19.1 Å². The van der Waals surface area contributed by atoms with Crippen molar-refractivity contribution in [1.82, 2.24) is 14.3 Å². The predicted octanol–water partition coefficient (Wildman–Crippen LogP) is 5.05. The molecule has 0 atom stereocenters. The number of rotatable bonds is 9. The maximum atomic E-state index is 13.6. The summed E-state index contributed by atoms with van der Waals surface area (Å²) >= 11 is 0. The molecule has 4 aromatic rings. The van der Waals surface area contributed by atoms with Crippen LogP contribution in [0.15, 0.2) is 39.6 Å². The van der Waals surface area contributed by atoms with Gasteiger partial charge >= 0.3 is 5.69 Å². The molecule has 2 heterocycles. The molecule has 0 aliphatic carbocycles. The lowest BCUT2D eigenvalue weighted by Crippen LogP contribution is -2.26. The minimum absolute atomic E-state index is 0.0278. The Bertz CT molecular complexity index is 1350. The molecule has 0 spiro atoms. The fraction of sp³-hybridized carbons (Fsp3) is 0.417. The van der Waals surface area contributed by atoms with E-state index in [0.29, 0.717) is 41.3 Å². The summed E-state index contributed by atoms with van der Waals surface area (Å²) in [4.78, 5) is 13.6. The Morgan fingerprint density at radius 3 is 2.61 bits per heavy atom. The highest BCUT2D eigenvalue weighted by Crippen LogP contribution is 2.29. The molecule has 33 heavy (non-hydrogen) atoms. The second kappa shape index (κ2) is 9.07. The number of benzene rings is 2. The van der Waals surface area contributed by atoms with E-state index in [1.165, 1.54) is 0 Å². The van der Waals surface area contributed by atoms with Gasteiger partial charge in [-0.05, 0) is 25.5 Å². The zero-order chi connectivity index (χ0) is 23.8. The highest BCUT2D eigenvalue weighted by molar-refractivity contribution is 6.76. The molecule has 0 bridgehead atoms. The van der Waals surface area contributed by atoms with Crippen molar-refractivity contribution in [2.24, 2.45) is 0 Å². The van der Waals surface area contributed by atoms with Gasteiger partial charge in [-0.2, -0.15) is 0 Å². The third-order valence-corrected chi connectivity index (χ3v) is 7.23. The molecule has 0 fully saturated rings. The van der Waals surface area contributed by atoms with Crippen LogP contribution in [-0.4, -0.2) is 40.7 Å². The van der Waals surface area contributed by atoms with E-state index in [1.807, 2.05) is 26.0 Å². The summed E-state index contributed by atoms with van der Waals surface area (Å²) < 4.78 is 20.2. The van der Waals surface area contributed by atoms with E-state index >= 15 is 0 Å². The molecule has 0 amide bonds. The molecule has 8 nitrogen and oxygen atoms in total. The lowest BCUT2D eigenvalue weighted by Gasteiger charge is -2.15. The molecule has 0 saturated heterocycles. The van der Waals surface area contributed by atoms with Gasteiger partial charge in [-0.15, -0.1) is 0 Å². The molecular weight excluding hydrogens is 438 g/mol. The average Bonchev–Trinajstić information content (AvgIpc) is 3.23. The third-order valence-electron chi connectivity index (χ3n) is 5.53. The predicted molar refractivity (Wildman–Crippen MR) is 131 cm³/mol. The highest BCUT2D eigenvalue weighted by atomic mass is 28.3. The molecular formula is C24H31N3O5Si. The molecule has 0 radical (unpaired) electrons. The maximum Gasteiger partial charge on any atom is 0.335 e. The molecule has 0 aliphatic rings. The van der Waals surface area contributed by atoms with Gasteiger partial charge in [0.25, 0.3) is 0 Å². The van der Waals surface area contributed by atoms with Crippen LogP contribution in [0.25, 0.3) is 27.7 Å². The Morgan fingerprint density at radius 1 is 1.09 bits per heavy atom. The smallest absolute Gasteiger partial charge is 0.335 e. The first-order chi connectivity index (χ1) is 15.7. The van der Waals surface area contributed by atoms with Crippen LogP contribution in [0, 0.1) is 6.92 Å². The van der Waals surface area contributed by atoms with Gasteiger partial charge in [0.05, 0.1) is 29.0 Å². The summed E-state index contributed by atoms with van der Waals surface area (Å²) in [6, 6.07) is 9.59. The first-order valence-electron chi connectivity index (χ1n) is 11.2. The molecule has 0 aliphatic heterocycles. The van der Waals surface area contributed by atoms with Crippen LogP contribution in [0.1, 0.15) is 19.0 Å². The van der Waals surface area contributed by atoms with Crippen molar-refractivity contribution >= 4 is 30.1 Å². The zero-order valence-electron chi connectivity index (χ0n) is 19.8. The van der Waals surface area contributed by atoms with Crippen molar-refractivity contribution in [2.75, 3.05) is 13.2 Å². The molecule has 4 rings (SSSR count). The number of hydrogen-bond acceptors (Lipinski definition) is 6. The van der Waals surface area contributed by atoms with Gasteiger partial charge in [0.15, 0.2) is 5.58 Å². The minimum atomic E-state index is -1.25. The Hall–Kier alpha value is -3.04. The fourth-order valence-corrected chi connectivity index (χ4v) is 4.47.